The first-order valence-electron chi connectivity index (χ1n) is 4.16. The van der Waals surface area contributed by atoms with Crippen molar-refractivity contribution < 1.29 is 0 Å². The van der Waals surface area contributed by atoms with Gasteiger partial charge in [-0.1, -0.05) is 0 Å². The Morgan fingerprint density at radius 2 is 2.42 bits per heavy atom. The van der Waals surface area contributed by atoms with Crippen LogP contribution < -0.4 is 5.73 Å². The van der Waals surface area contributed by atoms with Crippen molar-refractivity contribution in [2.75, 3.05) is 0 Å². The number of hydrogen-bond acceptors (Lipinski definition) is 2. The molecule has 0 aromatic carbocycles. The molecule has 0 radical (unpaired) electrons. The molecule has 1 aliphatic rings. The highest BCUT2D eigenvalue weighted by Crippen LogP contribution is 2.30. The minimum Gasteiger partial charge on any atom is -0.384 e. The molecule has 0 unspecified atom stereocenters. The predicted octanol–water partition coefficient (Wildman–Crippen LogP) is 0.892. The van der Waals surface area contributed by atoms with E-state index in [-0.39, 0.29) is 5.84 Å². The fourth-order valence-electron chi connectivity index (χ4n) is 1.33. The summed E-state index contributed by atoms with van der Waals surface area (Å²) in [4.78, 5) is 0. The number of nitrogens with zero attached hydrogens (tertiary/aromatic N) is 2. The van der Waals surface area contributed by atoms with E-state index in [2.05, 4.69) is 5.10 Å². The standard InChI is InChI=1S/C8H12N4/c9-8(10)6-4-11-12(5-6)7-2-1-3-7/h4-5,7H,1-3H2,(H3,9,10). The fourth-order valence-corrected chi connectivity index (χ4v) is 1.33. The summed E-state index contributed by atoms with van der Waals surface area (Å²) in [6.45, 7) is 0. The second-order valence-corrected chi connectivity index (χ2v) is 3.21. The Labute approximate surface area is 70.9 Å². The summed E-state index contributed by atoms with van der Waals surface area (Å²) in [7, 11) is 0. The molecule has 1 aliphatic carbocycles. The van der Waals surface area contributed by atoms with Crippen LogP contribution in [-0.2, 0) is 0 Å². The van der Waals surface area contributed by atoms with Crippen LogP contribution in [0.15, 0.2) is 12.4 Å². The highest BCUT2D eigenvalue weighted by atomic mass is 15.3. The van der Waals surface area contributed by atoms with Gasteiger partial charge < -0.3 is 5.73 Å². The lowest BCUT2D eigenvalue weighted by Crippen LogP contribution is -2.17. The maximum Gasteiger partial charge on any atom is 0.125 e. The Morgan fingerprint density at radius 3 is 2.83 bits per heavy atom. The number of nitrogens with two attached hydrogens (primary N) is 1. The predicted molar refractivity (Wildman–Crippen MR) is 46.1 cm³/mol. The number of rotatable bonds is 2. The van der Waals surface area contributed by atoms with Crippen molar-refractivity contribution in [1.82, 2.24) is 9.78 Å². The average Bonchev–Trinajstić information content (AvgIpc) is 2.32. The number of nitrogens with one attached hydrogen (secondary N) is 1. The van der Waals surface area contributed by atoms with Gasteiger partial charge in [0.15, 0.2) is 0 Å². The minimum atomic E-state index is 0.0978. The molecule has 0 bridgehead atoms. The smallest absolute Gasteiger partial charge is 0.125 e. The van der Waals surface area contributed by atoms with Gasteiger partial charge >= 0.3 is 0 Å². The van der Waals surface area contributed by atoms with Crippen LogP contribution in [0.3, 0.4) is 0 Å². The van der Waals surface area contributed by atoms with Crippen molar-refractivity contribution in [3.63, 3.8) is 0 Å². The molecule has 4 nitrogen and oxygen atoms in total. The van der Waals surface area contributed by atoms with Crippen molar-refractivity contribution in [3.8, 4) is 0 Å². The van der Waals surface area contributed by atoms with Gasteiger partial charge in [-0.15, -0.1) is 0 Å². The normalized spacial score (nSPS) is 17.3. The van der Waals surface area contributed by atoms with E-state index < -0.39 is 0 Å². The number of nitrogen functional groups attached to an aromatic ring is 1. The number of aromatic nitrogens is 2. The van der Waals surface area contributed by atoms with E-state index in [1.165, 1.54) is 19.3 Å². The van der Waals surface area contributed by atoms with Crippen molar-refractivity contribution >= 4 is 5.84 Å². The van der Waals surface area contributed by atoms with E-state index in [1.807, 2.05) is 10.9 Å². The highest BCUT2D eigenvalue weighted by molar-refractivity contribution is 5.94. The zero-order valence-corrected chi connectivity index (χ0v) is 6.83. The molecule has 1 fully saturated rings. The molecule has 0 amide bonds. The maximum atomic E-state index is 7.19. The first-order valence-corrected chi connectivity index (χ1v) is 4.16. The molecule has 12 heavy (non-hydrogen) atoms. The van der Waals surface area contributed by atoms with E-state index >= 15 is 0 Å². The summed E-state index contributed by atoms with van der Waals surface area (Å²) in [5.41, 5.74) is 6.04. The molecular weight excluding hydrogens is 152 g/mol. The Balaban J connectivity index is 2.17. The lowest BCUT2D eigenvalue weighted by atomic mass is 9.93. The molecule has 3 N–H and O–H groups in total. The van der Waals surface area contributed by atoms with Crippen LogP contribution in [0.4, 0.5) is 0 Å². The van der Waals surface area contributed by atoms with Crippen LogP contribution >= 0.6 is 0 Å². The monoisotopic (exact) mass is 164 g/mol. The highest BCUT2D eigenvalue weighted by Gasteiger charge is 2.20. The zero-order chi connectivity index (χ0) is 8.55. The first-order chi connectivity index (χ1) is 5.77. The lowest BCUT2D eigenvalue weighted by molar-refractivity contribution is 0.289. The summed E-state index contributed by atoms with van der Waals surface area (Å²) in [6, 6.07) is 0.554. The lowest BCUT2D eigenvalue weighted by Gasteiger charge is -2.25. The Morgan fingerprint density at radius 1 is 1.67 bits per heavy atom. The third kappa shape index (κ3) is 1.09. The second-order valence-electron chi connectivity index (χ2n) is 3.21. The summed E-state index contributed by atoms with van der Waals surface area (Å²) in [5, 5.41) is 11.3. The summed E-state index contributed by atoms with van der Waals surface area (Å²) >= 11 is 0. The van der Waals surface area contributed by atoms with Gasteiger partial charge in [0.25, 0.3) is 0 Å². The van der Waals surface area contributed by atoms with Gasteiger partial charge in [-0.05, 0) is 19.3 Å². The van der Waals surface area contributed by atoms with Gasteiger partial charge in [0.2, 0.25) is 0 Å². The largest absolute Gasteiger partial charge is 0.384 e. The van der Waals surface area contributed by atoms with E-state index in [0.717, 1.165) is 5.56 Å². The van der Waals surface area contributed by atoms with Crippen LogP contribution in [0.2, 0.25) is 0 Å². The van der Waals surface area contributed by atoms with Crippen molar-refractivity contribution in [2.45, 2.75) is 25.3 Å². The molecule has 0 spiro atoms. The molecule has 0 saturated heterocycles. The van der Waals surface area contributed by atoms with E-state index in [1.54, 1.807) is 6.20 Å². The Kier molecular flexibility index (Phi) is 1.60. The van der Waals surface area contributed by atoms with E-state index in [4.69, 9.17) is 11.1 Å². The van der Waals surface area contributed by atoms with Crippen LogP contribution in [0.5, 0.6) is 0 Å². The average molecular weight is 164 g/mol. The Bertz CT molecular complexity index is 298. The SMILES string of the molecule is N=C(N)c1cnn(C2CCC2)c1. The van der Waals surface area contributed by atoms with Crippen LogP contribution in [0.1, 0.15) is 30.9 Å². The van der Waals surface area contributed by atoms with Crippen molar-refractivity contribution in [3.05, 3.63) is 18.0 Å². The first kappa shape index (κ1) is 7.34. The fraction of sp³-hybridized carbons (Fsp3) is 0.500. The third-order valence-corrected chi connectivity index (χ3v) is 2.36. The number of amidine groups is 1. The topological polar surface area (TPSA) is 67.7 Å². The molecule has 1 aromatic heterocycles. The third-order valence-electron chi connectivity index (χ3n) is 2.36. The molecule has 64 valence electrons. The quantitative estimate of drug-likeness (QED) is 0.503. The molecule has 0 aliphatic heterocycles. The van der Waals surface area contributed by atoms with Crippen molar-refractivity contribution in [2.24, 2.45) is 5.73 Å². The zero-order valence-electron chi connectivity index (χ0n) is 6.83. The van der Waals surface area contributed by atoms with Gasteiger partial charge in [0.1, 0.15) is 5.84 Å². The van der Waals surface area contributed by atoms with E-state index in [0.29, 0.717) is 6.04 Å². The minimum absolute atomic E-state index is 0.0978. The summed E-state index contributed by atoms with van der Waals surface area (Å²) in [6.07, 6.45) is 7.21. The second kappa shape index (κ2) is 2.62. The number of hydrogen-bond donors (Lipinski definition) is 2. The maximum absolute atomic E-state index is 7.19. The van der Waals surface area contributed by atoms with Gasteiger partial charge in [0, 0.05) is 6.20 Å². The summed E-state index contributed by atoms with van der Waals surface area (Å²) < 4.78 is 1.92. The Hall–Kier alpha value is -1.32. The van der Waals surface area contributed by atoms with Gasteiger partial charge in [-0.3, -0.25) is 10.1 Å². The van der Waals surface area contributed by atoms with Crippen LogP contribution in [0.25, 0.3) is 0 Å². The molecule has 4 heteroatoms. The molecular formula is C8H12N4. The molecule has 1 heterocycles. The molecule has 1 aromatic rings. The van der Waals surface area contributed by atoms with Gasteiger partial charge in [-0.25, -0.2) is 0 Å². The molecule has 0 atom stereocenters. The van der Waals surface area contributed by atoms with Crippen LogP contribution in [-0.4, -0.2) is 15.6 Å². The molecule has 1 saturated carbocycles. The van der Waals surface area contributed by atoms with E-state index in [9.17, 15) is 0 Å². The molecule has 2 rings (SSSR count). The summed E-state index contributed by atoms with van der Waals surface area (Å²) in [5.74, 6) is 0.0978. The van der Waals surface area contributed by atoms with Gasteiger partial charge in [0.05, 0.1) is 17.8 Å². The van der Waals surface area contributed by atoms with Gasteiger partial charge in [-0.2, -0.15) is 5.10 Å². The van der Waals surface area contributed by atoms with Crippen molar-refractivity contribution in [1.29, 1.82) is 5.41 Å². The van der Waals surface area contributed by atoms with Crippen LogP contribution in [0, 0.1) is 5.41 Å².